The maximum atomic E-state index is 6.23. The lowest BCUT2D eigenvalue weighted by Crippen LogP contribution is -2.29. The van der Waals surface area contributed by atoms with Crippen LogP contribution in [0, 0.1) is 5.41 Å². The third kappa shape index (κ3) is 1.63. The molecule has 1 saturated carbocycles. The fraction of sp³-hybridized carbons (Fsp3) is 0.700. The molecular formula is C10H16N2S. The first kappa shape index (κ1) is 9.16. The first-order valence-electron chi connectivity index (χ1n) is 4.87. The van der Waals surface area contributed by atoms with Crippen molar-refractivity contribution in [3.63, 3.8) is 0 Å². The van der Waals surface area contributed by atoms with Gasteiger partial charge in [0.2, 0.25) is 0 Å². The maximum absolute atomic E-state index is 6.23. The summed E-state index contributed by atoms with van der Waals surface area (Å²) in [5, 5.41) is 3.11. The zero-order valence-corrected chi connectivity index (χ0v) is 8.81. The Morgan fingerprint density at radius 3 is 2.77 bits per heavy atom. The van der Waals surface area contributed by atoms with Gasteiger partial charge in [-0.1, -0.05) is 19.8 Å². The van der Waals surface area contributed by atoms with Gasteiger partial charge in [-0.2, -0.15) is 0 Å². The zero-order valence-electron chi connectivity index (χ0n) is 7.99. The molecule has 0 amide bonds. The Kier molecular flexibility index (Phi) is 2.39. The molecule has 0 spiro atoms. The summed E-state index contributed by atoms with van der Waals surface area (Å²) in [6.45, 7) is 2.30. The number of nitrogens with zero attached hydrogens (tertiary/aromatic N) is 1. The first-order valence-corrected chi connectivity index (χ1v) is 5.75. The van der Waals surface area contributed by atoms with Gasteiger partial charge in [0.05, 0.1) is 6.04 Å². The zero-order chi connectivity index (χ0) is 9.31. The molecule has 1 fully saturated rings. The Balaban J connectivity index is 2.16. The molecular weight excluding hydrogens is 180 g/mol. The van der Waals surface area contributed by atoms with Gasteiger partial charge in [-0.15, -0.1) is 11.3 Å². The molecule has 0 aromatic carbocycles. The summed E-state index contributed by atoms with van der Waals surface area (Å²) in [6.07, 6.45) is 7.02. The quantitative estimate of drug-likeness (QED) is 0.790. The molecule has 1 unspecified atom stereocenters. The summed E-state index contributed by atoms with van der Waals surface area (Å²) in [4.78, 5) is 4.30. The molecule has 0 bridgehead atoms. The Morgan fingerprint density at radius 1 is 1.54 bits per heavy atom. The summed E-state index contributed by atoms with van der Waals surface area (Å²) in [5.74, 6) is 0. The molecule has 2 nitrogen and oxygen atoms in total. The monoisotopic (exact) mass is 196 g/mol. The van der Waals surface area contributed by atoms with Crippen LogP contribution < -0.4 is 5.73 Å². The Bertz CT molecular complexity index is 262. The van der Waals surface area contributed by atoms with Crippen molar-refractivity contribution in [2.75, 3.05) is 0 Å². The van der Waals surface area contributed by atoms with Crippen LogP contribution in [0.1, 0.15) is 43.7 Å². The second-order valence-electron chi connectivity index (χ2n) is 4.21. The van der Waals surface area contributed by atoms with Crippen molar-refractivity contribution < 1.29 is 0 Å². The normalized spacial score (nSPS) is 23.2. The predicted molar refractivity (Wildman–Crippen MR) is 55.6 cm³/mol. The minimum absolute atomic E-state index is 0.148. The molecule has 13 heavy (non-hydrogen) atoms. The molecule has 1 aliphatic rings. The highest BCUT2D eigenvalue weighted by Gasteiger charge is 2.36. The van der Waals surface area contributed by atoms with Gasteiger partial charge in [-0.3, -0.25) is 0 Å². The first-order chi connectivity index (χ1) is 6.22. The van der Waals surface area contributed by atoms with E-state index in [0.717, 1.165) is 5.01 Å². The van der Waals surface area contributed by atoms with E-state index in [1.165, 1.54) is 25.7 Å². The van der Waals surface area contributed by atoms with E-state index in [4.69, 9.17) is 5.73 Å². The molecule has 72 valence electrons. The highest BCUT2D eigenvalue weighted by molar-refractivity contribution is 7.09. The lowest BCUT2D eigenvalue weighted by molar-refractivity contribution is 0.265. The van der Waals surface area contributed by atoms with Gasteiger partial charge in [0, 0.05) is 11.6 Å². The number of rotatable bonds is 2. The average molecular weight is 196 g/mol. The number of thiazole rings is 1. The van der Waals surface area contributed by atoms with Crippen molar-refractivity contribution in [1.29, 1.82) is 0 Å². The lowest BCUT2D eigenvalue weighted by Gasteiger charge is -2.29. The summed E-state index contributed by atoms with van der Waals surface area (Å²) in [5.41, 5.74) is 6.53. The van der Waals surface area contributed by atoms with E-state index in [1.54, 1.807) is 11.3 Å². The van der Waals surface area contributed by atoms with Crippen LogP contribution in [0.5, 0.6) is 0 Å². The minimum Gasteiger partial charge on any atom is -0.322 e. The standard InChI is InChI=1S/C10H16N2S/c1-10(4-2-3-5-10)8(11)9-12-6-7-13-9/h6-8H,2-5,11H2,1H3. The summed E-state index contributed by atoms with van der Waals surface area (Å²) >= 11 is 1.68. The third-order valence-corrected chi connectivity index (χ3v) is 4.07. The van der Waals surface area contributed by atoms with Crippen LogP contribution in [-0.4, -0.2) is 4.98 Å². The topological polar surface area (TPSA) is 38.9 Å². The second kappa shape index (κ2) is 3.39. The van der Waals surface area contributed by atoms with Crippen molar-refractivity contribution in [2.24, 2.45) is 11.1 Å². The van der Waals surface area contributed by atoms with Gasteiger partial charge in [0.15, 0.2) is 0 Å². The van der Waals surface area contributed by atoms with E-state index in [9.17, 15) is 0 Å². The minimum atomic E-state index is 0.148. The largest absolute Gasteiger partial charge is 0.322 e. The maximum Gasteiger partial charge on any atom is 0.110 e. The van der Waals surface area contributed by atoms with Crippen LogP contribution >= 0.6 is 11.3 Å². The van der Waals surface area contributed by atoms with Crippen molar-refractivity contribution >= 4 is 11.3 Å². The number of hydrogen-bond acceptors (Lipinski definition) is 3. The van der Waals surface area contributed by atoms with Crippen LogP contribution in [-0.2, 0) is 0 Å². The average Bonchev–Trinajstić information content (AvgIpc) is 2.73. The molecule has 0 radical (unpaired) electrons. The second-order valence-corrected chi connectivity index (χ2v) is 5.14. The Hall–Kier alpha value is -0.410. The molecule has 0 aliphatic heterocycles. The van der Waals surface area contributed by atoms with Crippen molar-refractivity contribution in [3.8, 4) is 0 Å². The van der Waals surface area contributed by atoms with Gasteiger partial charge >= 0.3 is 0 Å². The van der Waals surface area contributed by atoms with Gasteiger partial charge in [-0.25, -0.2) is 4.98 Å². The van der Waals surface area contributed by atoms with E-state index in [1.807, 2.05) is 11.6 Å². The highest BCUT2D eigenvalue weighted by atomic mass is 32.1. The van der Waals surface area contributed by atoms with E-state index < -0.39 is 0 Å². The van der Waals surface area contributed by atoms with Gasteiger partial charge in [0.1, 0.15) is 5.01 Å². The van der Waals surface area contributed by atoms with Crippen LogP contribution in [0.25, 0.3) is 0 Å². The van der Waals surface area contributed by atoms with Crippen molar-refractivity contribution in [1.82, 2.24) is 4.98 Å². The summed E-state index contributed by atoms with van der Waals surface area (Å²) in [6, 6.07) is 0.148. The van der Waals surface area contributed by atoms with E-state index >= 15 is 0 Å². The number of hydrogen-bond donors (Lipinski definition) is 1. The Morgan fingerprint density at radius 2 is 2.23 bits per heavy atom. The van der Waals surface area contributed by atoms with Gasteiger partial charge < -0.3 is 5.73 Å². The molecule has 2 rings (SSSR count). The van der Waals surface area contributed by atoms with E-state index in [2.05, 4.69) is 11.9 Å². The SMILES string of the molecule is CC1(C(N)c2nccs2)CCCC1. The molecule has 1 heterocycles. The lowest BCUT2D eigenvalue weighted by atomic mass is 9.81. The van der Waals surface area contributed by atoms with Crippen LogP contribution in [0.15, 0.2) is 11.6 Å². The van der Waals surface area contributed by atoms with Crippen molar-refractivity contribution in [3.05, 3.63) is 16.6 Å². The number of nitrogens with two attached hydrogens (primary N) is 1. The molecule has 3 heteroatoms. The molecule has 1 aromatic heterocycles. The molecule has 0 saturated heterocycles. The van der Waals surface area contributed by atoms with E-state index in [0.29, 0.717) is 5.41 Å². The Labute approximate surface area is 83.2 Å². The third-order valence-electron chi connectivity index (χ3n) is 3.21. The van der Waals surface area contributed by atoms with Gasteiger partial charge in [-0.05, 0) is 18.3 Å². The summed E-state index contributed by atoms with van der Waals surface area (Å²) < 4.78 is 0. The fourth-order valence-electron chi connectivity index (χ4n) is 2.18. The smallest absolute Gasteiger partial charge is 0.110 e. The summed E-state index contributed by atoms with van der Waals surface area (Å²) in [7, 11) is 0. The van der Waals surface area contributed by atoms with Crippen LogP contribution in [0.2, 0.25) is 0 Å². The van der Waals surface area contributed by atoms with Crippen LogP contribution in [0.4, 0.5) is 0 Å². The van der Waals surface area contributed by atoms with Crippen molar-refractivity contribution in [2.45, 2.75) is 38.6 Å². The molecule has 2 N–H and O–H groups in total. The highest BCUT2D eigenvalue weighted by Crippen LogP contribution is 2.46. The number of aromatic nitrogens is 1. The molecule has 1 aliphatic carbocycles. The fourth-order valence-corrected chi connectivity index (χ4v) is 2.99. The van der Waals surface area contributed by atoms with Gasteiger partial charge in [0.25, 0.3) is 0 Å². The molecule has 1 atom stereocenters. The van der Waals surface area contributed by atoms with Crippen LogP contribution in [0.3, 0.4) is 0 Å². The van der Waals surface area contributed by atoms with E-state index in [-0.39, 0.29) is 6.04 Å². The molecule has 1 aromatic rings. The predicted octanol–water partition coefficient (Wildman–Crippen LogP) is 2.72.